The minimum Gasteiger partial charge on any atom is -0.294 e. The number of hydrogen-bond donors (Lipinski definition) is 0. The molecule has 0 atom stereocenters. The lowest BCUT2D eigenvalue weighted by atomic mass is 10.0. The van der Waals surface area contributed by atoms with Gasteiger partial charge in [-0.2, -0.15) is 0 Å². The molecule has 5 nitrogen and oxygen atoms in total. The van der Waals surface area contributed by atoms with Gasteiger partial charge in [0.1, 0.15) is 5.65 Å². The molecule has 0 bridgehead atoms. The van der Waals surface area contributed by atoms with Gasteiger partial charge in [-0.15, -0.1) is 0 Å². The van der Waals surface area contributed by atoms with Crippen molar-refractivity contribution in [1.82, 2.24) is 24.5 Å². The van der Waals surface area contributed by atoms with E-state index in [9.17, 15) is 0 Å². The number of hydrogen-bond acceptors (Lipinski definition) is 4. The maximum absolute atomic E-state index is 5.29. The Morgan fingerprint density at radius 1 is 0.340 bits per heavy atom. The summed E-state index contributed by atoms with van der Waals surface area (Å²) in [5.74, 6) is 1.37. The number of benzene rings is 7. The summed E-state index contributed by atoms with van der Waals surface area (Å²) in [5.41, 5.74) is 12.0. The smallest absolute Gasteiger partial charge is 0.162 e. The van der Waals surface area contributed by atoms with Crippen molar-refractivity contribution in [2.24, 2.45) is 0 Å². The van der Waals surface area contributed by atoms with Crippen molar-refractivity contribution >= 4 is 32.8 Å². The summed E-state index contributed by atoms with van der Waals surface area (Å²) in [6.45, 7) is 0. The van der Waals surface area contributed by atoms with Gasteiger partial charge in [0.2, 0.25) is 0 Å². The Hall–Kier alpha value is -7.24. The Bertz CT molecular complexity index is 2920. The van der Waals surface area contributed by atoms with Crippen LogP contribution in [0.4, 0.5) is 0 Å². The van der Waals surface area contributed by atoms with Crippen molar-refractivity contribution in [3.05, 3.63) is 188 Å². The quantitative estimate of drug-likeness (QED) is 0.176. The fourth-order valence-corrected chi connectivity index (χ4v) is 7.30. The van der Waals surface area contributed by atoms with Gasteiger partial charge in [0.25, 0.3) is 0 Å². The van der Waals surface area contributed by atoms with E-state index < -0.39 is 0 Å². The normalized spacial score (nSPS) is 11.4. The van der Waals surface area contributed by atoms with Crippen LogP contribution in [-0.4, -0.2) is 24.5 Å². The molecule has 0 saturated carbocycles. The van der Waals surface area contributed by atoms with Gasteiger partial charge in [0.05, 0.1) is 27.8 Å². The molecule has 0 fully saturated rings. The molecule has 3 heterocycles. The maximum atomic E-state index is 5.29. The summed E-state index contributed by atoms with van der Waals surface area (Å²) in [6.07, 6.45) is 0. The van der Waals surface area contributed by atoms with Gasteiger partial charge in [0, 0.05) is 38.7 Å². The summed E-state index contributed by atoms with van der Waals surface area (Å²) >= 11 is 0. The highest BCUT2D eigenvalue weighted by molar-refractivity contribution is 6.14. The number of fused-ring (bicyclic) bond motifs is 4. The van der Waals surface area contributed by atoms with Crippen molar-refractivity contribution in [1.29, 1.82) is 0 Å². The summed E-state index contributed by atoms with van der Waals surface area (Å²) in [4.78, 5) is 20.7. The monoisotopic (exact) mass is 677 g/mol. The standard InChI is InChI=1S/C48H31N5/c1-4-15-33(16-5-1)44-39-23-10-12-25-41(39)49-47(50-44)37-20-14-19-36(31-37)32-27-29-35(30-28-32)46-51-45(34-17-6-2-7-18-34)43-40-24-11-13-26-42(40)53(48(43)52-46)38-21-8-3-9-22-38/h1-31H. The Morgan fingerprint density at radius 3 is 1.64 bits per heavy atom. The fraction of sp³-hybridized carbons (Fsp3) is 0. The zero-order valence-electron chi connectivity index (χ0n) is 28.6. The van der Waals surface area contributed by atoms with Gasteiger partial charge in [-0.3, -0.25) is 4.57 Å². The third-order valence-corrected chi connectivity index (χ3v) is 9.83. The summed E-state index contributed by atoms with van der Waals surface area (Å²) < 4.78 is 2.25. The van der Waals surface area contributed by atoms with E-state index in [1.54, 1.807) is 0 Å². The van der Waals surface area contributed by atoms with Crippen LogP contribution in [0.15, 0.2) is 188 Å². The zero-order chi connectivity index (χ0) is 35.1. The molecule has 0 unspecified atom stereocenters. The molecular formula is C48H31N5. The first-order chi connectivity index (χ1) is 26.3. The van der Waals surface area contributed by atoms with Crippen LogP contribution in [0, 0.1) is 0 Å². The molecule has 0 aliphatic heterocycles. The SMILES string of the molecule is c1ccc(-c2nc(-c3cccc(-c4ccc(-c5nc(-c6ccccc6)c6c7ccccc7n(-c7ccccc7)c6n5)cc4)c3)nc3ccccc23)cc1. The molecule has 0 aliphatic rings. The fourth-order valence-electron chi connectivity index (χ4n) is 7.30. The van der Waals surface area contributed by atoms with Crippen molar-refractivity contribution in [3.8, 4) is 62.1 Å². The van der Waals surface area contributed by atoms with Gasteiger partial charge in [-0.25, -0.2) is 19.9 Å². The lowest BCUT2D eigenvalue weighted by Crippen LogP contribution is -1.99. The van der Waals surface area contributed by atoms with Crippen molar-refractivity contribution in [3.63, 3.8) is 0 Å². The predicted molar refractivity (Wildman–Crippen MR) is 217 cm³/mol. The van der Waals surface area contributed by atoms with Gasteiger partial charge in [-0.1, -0.05) is 158 Å². The molecule has 0 saturated heterocycles. The second kappa shape index (κ2) is 12.8. The van der Waals surface area contributed by atoms with E-state index in [0.29, 0.717) is 11.6 Å². The summed E-state index contributed by atoms with van der Waals surface area (Å²) in [5, 5.41) is 3.20. The summed E-state index contributed by atoms with van der Waals surface area (Å²) in [6, 6.07) is 64.9. The predicted octanol–water partition coefficient (Wildman–Crippen LogP) is 11.9. The minimum absolute atomic E-state index is 0.676. The highest BCUT2D eigenvalue weighted by Gasteiger charge is 2.21. The lowest BCUT2D eigenvalue weighted by molar-refractivity contribution is 1.11. The molecule has 0 spiro atoms. The number of aromatic nitrogens is 5. The van der Waals surface area contributed by atoms with Crippen molar-refractivity contribution in [2.45, 2.75) is 0 Å². The highest BCUT2D eigenvalue weighted by Crippen LogP contribution is 2.38. The van der Waals surface area contributed by atoms with Crippen LogP contribution in [0.5, 0.6) is 0 Å². The molecule has 0 aliphatic carbocycles. The number of para-hydroxylation sites is 3. The third-order valence-electron chi connectivity index (χ3n) is 9.83. The zero-order valence-corrected chi connectivity index (χ0v) is 28.6. The molecule has 248 valence electrons. The Labute approximate surface area is 306 Å². The minimum atomic E-state index is 0.676. The Kier molecular flexibility index (Phi) is 7.40. The van der Waals surface area contributed by atoms with Crippen LogP contribution in [0.2, 0.25) is 0 Å². The molecule has 0 N–H and O–H groups in total. The second-order valence-corrected chi connectivity index (χ2v) is 13.1. The molecule has 0 amide bonds. The Morgan fingerprint density at radius 2 is 0.887 bits per heavy atom. The van der Waals surface area contributed by atoms with E-state index in [-0.39, 0.29) is 0 Å². The molecule has 5 heteroatoms. The van der Waals surface area contributed by atoms with E-state index >= 15 is 0 Å². The van der Waals surface area contributed by atoms with Crippen LogP contribution in [-0.2, 0) is 0 Å². The first-order valence-corrected chi connectivity index (χ1v) is 17.7. The maximum Gasteiger partial charge on any atom is 0.162 e. The first kappa shape index (κ1) is 30.6. The van der Waals surface area contributed by atoms with Crippen molar-refractivity contribution < 1.29 is 0 Å². The second-order valence-electron chi connectivity index (χ2n) is 13.1. The molecule has 3 aromatic heterocycles. The molecule has 0 radical (unpaired) electrons. The van der Waals surface area contributed by atoms with Gasteiger partial charge in [-0.05, 0) is 41.5 Å². The van der Waals surface area contributed by atoms with E-state index in [1.807, 2.05) is 42.5 Å². The van der Waals surface area contributed by atoms with E-state index in [1.165, 1.54) is 0 Å². The molecule has 7 aromatic carbocycles. The Balaban J connectivity index is 1.08. The van der Waals surface area contributed by atoms with Crippen molar-refractivity contribution in [2.75, 3.05) is 0 Å². The summed E-state index contributed by atoms with van der Waals surface area (Å²) in [7, 11) is 0. The van der Waals surface area contributed by atoms with Gasteiger partial charge < -0.3 is 0 Å². The van der Waals surface area contributed by atoms with Crippen LogP contribution >= 0.6 is 0 Å². The van der Waals surface area contributed by atoms with Crippen LogP contribution in [0.3, 0.4) is 0 Å². The highest BCUT2D eigenvalue weighted by atomic mass is 15.1. The average molecular weight is 678 g/mol. The molecular weight excluding hydrogens is 647 g/mol. The molecule has 53 heavy (non-hydrogen) atoms. The third kappa shape index (κ3) is 5.43. The molecule has 10 rings (SSSR count). The van der Waals surface area contributed by atoms with Gasteiger partial charge in [0.15, 0.2) is 11.6 Å². The topological polar surface area (TPSA) is 56.5 Å². The van der Waals surface area contributed by atoms with E-state index in [0.717, 1.165) is 83.3 Å². The van der Waals surface area contributed by atoms with E-state index in [4.69, 9.17) is 19.9 Å². The average Bonchev–Trinajstić information content (AvgIpc) is 3.58. The van der Waals surface area contributed by atoms with Crippen LogP contribution in [0.25, 0.3) is 94.9 Å². The van der Waals surface area contributed by atoms with E-state index in [2.05, 4.69) is 150 Å². The van der Waals surface area contributed by atoms with Gasteiger partial charge >= 0.3 is 0 Å². The lowest BCUT2D eigenvalue weighted by Gasteiger charge is -2.11. The number of rotatable bonds is 6. The largest absolute Gasteiger partial charge is 0.294 e. The molecule has 10 aromatic rings. The van der Waals surface area contributed by atoms with Crippen LogP contribution in [0.1, 0.15) is 0 Å². The van der Waals surface area contributed by atoms with Crippen LogP contribution < -0.4 is 0 Å². The first-order valence-electron chi connectivity index (χ1n) is 17.7. The number of nitrogens with zero attached hydrogens (tertiary/aromatic N) is 5.